The van der Waals surface area contributed by atoms with Crippen LogP contribution in [0.4, 0.5) is 0 Å². The van der Waals surface area contributed by atoms with Crippen molar-refractivity contribution >= 4 is 44.7 Å². The molecule has 1 unspecified atom stereocenters. The van der Waals surface area contributed by atoms with Crippen molar-refractivity contribution in [3.63, 3.8) is 0 Å². The zero-order chi connectivity index (χ0) is 26.9. The summed E-state index contributed by atoms with van der Waals surface area (Å²) in [5, 5.41) is 11.6. The van der Waals surface area contributed by atoms with E-state index in [-0.39, 0.29) is 24.2 Å². The van der Waals surface area contributed by atoms with Gasteiger partial charge in [0.2, 0.25) is 5.88 Å². The van der Waals surface area contributed by atoms with Gasteiger partial charge in [0.05, 0.1) is 27.5 Å². The zero-order valence-electron chi connectivity index (χ0n) is 20.7. The van der Waals surface area contributed by atoms with Crippen molar-refractivity contribution in [1.29, 1.82) is 0 Å². The molecule has 0 aliphatic carbocycles. The maximum absolute atomic E-state index is 12.5. The molecule has 38 heavy (non-hydrogen) atoms. The molecule has 2 aliphatic rings. The van der Waals surface area contributed by atoms with E-state index in [2.05, 4.69) is 10.3 Å². The van der Waals surface area contributed by atoms with E-state index in [1.54, 1.807) is 47.5 Å². The molecule has 1 aromatic carbocycles. The van der Waals surface area contributed by atoms with Crippen LogP contribution < -0.4 is 8.92 Å². The third-order valence-electron chi connectivity index (χ3n) is 6.29. The Bertz CT molecular complexity index is 1460. The van der Waals surface area contributed by atoms with Gasteiger partial charge < -0.3 is 18.7 Å². The highest BCUT2D eigenvalue weighted by Crippen LogP contribution is 2.40. The highest BCUT2D eigenvalue weighted by atomic mass is 35.5. The highest BCUT2D eigenvalue weighted by Gasteiger charge is 2.32. The molecule has 0 N–H and O–H groups in total. The summed E-state index contributed by atoms with van der Waals surface area (Å²) >= 11 is 7.92. The summed E-state index contributed by atoms with van der Waals surface area (Å²) in [5.41, 5.74) is 1.80. The largest absolute Gasteiger partial charge is 0.467 e. The highest BCUT2D eigenvalue weighted by molar-refractivity contribution is 7.86. The molecule has 2 aliphatic heterocycles. The predicted octanol–water partition coefficient (Wildman–Crippen LogP) is 3.52. The average Bonchev–Trinajstić information content (AvgIpc) is 3.63. The monoisotopic (exact) mass is 579 g/mol. The molecule has 11 nitrogen and oxygen atoms in total. The Morgan fingerprint density at radius 1 is 1.26 bits per heavy atom. The Morgan fingerprint density at radius 2 is 2.05 bits per heavy atom. The lowest BCUT2D eigenvalue weighted by Gasteiger charge is -2.31. The van der Waals surface area contributed by atoms with E-state index in [0.717, 1.165) is 24.1 Å². The maximum Gasteiger partial charge on any atom is 0.306 e. The van der Waals surface area contributed by atoms with E-state index < -0.39 is 16.2 Å². The maximum atomic E-state index is 12.5. The third kappa shape index (κ3) is 6.11. The van der Waals surface area contributed by atoms with E-state index in [1.165, 1.54) is 6.07 Å². The van der Waals surface area contributed by atoms with Gasteiger partial charge >= 0.3 is 10.1 Å². The first kappa shape index (κ1) is 26.4. The topological polar surface area (TPSA) is 125 Å². The summed E-state index contributed by atoms with van der Waals surface area (Å²) < 4.78 is 35.6. The Morgan fingerprint density at radius 3 is 2.76 bits per heavy atom. The number of ether oxygens (including phenoxy) is 1. The average molecular weight is 580 g/mol. The second-order valence-corrected chi connectivity index (χ2v) is 12.0. The Hall–Kier alpha value is -3.16. The minimum atomic E-state index is -3.74. The number of piperidine rings is 1. The fourth-order valence-electron chi connectivity index (χ4n) is 4.43. The molecule has 14 heteroatoms. The van der Waals surface area contributed by atoms with Crippen molar-refractivity contribution in [2.24, 2.45) is 12.2 Å². The number of carbonyl (C=O) groups is 1. The zero-order valence-corrected chi connectivity index (χ0v) is 23.1. The van der Waals surface area contributed by atoms with Crippen LogP contribution in [-0.2, 0) is 26.8 Å². The first-order chi connectivity index (χ1) is 18.2. The van der Waals surface area contributed by atoms with E-state index in [9.17, 15) is 13.2 Å². The lowest BCUT2D eigenvalue weighted by atomic mass is 9.97. The van der Waals surface area contributed by atoms with Gasteiger partial charge in [-0.2, -0.15) is 8.42 Å². The normalized spacial score (nSPS) is 18.2. The molecule has 1 atom stereocenters. The van der Waals surface area contributed by atoms with E-state index in [0.29, 0.717) is 47.4 Å². The van der Waals surface area contributed by atoms with Crippen LogP contribution in [0.3, 0.4) is 0 Å². The Kier molecular flexibility index (Phi) is 7.59. The standard InChI is InChI=1S/C24H26ClN5O6S2/c1-29-9-8-21(27-29)34-13-22(31)30-10-6-15(7-11-30)24-26-18(14-37-24)17-12-20(35-28-17)23-16(25)4-3-5-19(23)36-38(2,32)33/h3-5,8-9,14-15,20H,6-7,10-13H2,1-2H3. The molecule has 0 spiro atoms. The first-order valence-electron chi connectivity index (χ1n) is 11.9. The number of aryl methyl sites for hydroxylation is 1. The fraction of sp³-hybridized carbons (Fsp3) is 0.417. The van der Waals surface area contributed by atoms with Gasteiger partial charge in [-0.15, -0.1) is 16.4 Å². The third-order valence-corrected chi connectivity index (χ3v) is 8.11. The van der Waals surface area contributed by atoms with Crippen molar-refractivity contribution in [2.45, 2.75) is 31.3 Å². The summed E-state index contributed by atoms with van der Waals surface area (Å²) in [5.74, 6) is 0.732. The molecule has 0 saturated carbocycles. The molecule has 1 saturated heterocycles. The molecule has 1 amide bonds. The summed E-state index contributed by atoms with van der Waals surface area (Å²) in [7, 11) is -1.95. The first-order valence-corrected chi connectivity index (χ1v) is 15.0. The smallest absolute Gasteiger partial charge is 0.306 e. The SMILES string of the molecule is Cn1ccc(OCC(=O)N2CCC(c3nc(C4=NOC(c5c(Cl)cccc5OS(C)(=O)=O)C4)cs3)CC2)n1. The number of halogens is 1. The molecule has 0 bridgehead atoms. The van der Waals surface area contributed by atoms with Crippen LogP contribution in [0.25, 0.3) is 0 Å². The van der Waals surface area contributed by atoms with Gasteiger partial charge in [-0.1, -0.05) is 22.8 Å². The Balaban J connectivity index is 1.17. The molecular formula is C24H26ClN5O6S2. The summed E-state index contributed by atoms with van der Waals surface area (Å²) in [6.45, 7) is 1.23. The number of amides is 1. The lowest BCUT2D eigenvalue weighted by Crippen LogP contribution is -2.40. The van der Waals surface area contributed by atoms with Gasteiger partial charge in [0.15, 0.2) is 18.5 Å². The van der Waals surface area contributed by atoms with Crippen molar-refractivity contribution < 1.29 is 27.0 Å². The second-order valence-electron chi connectivity index (χ2n) is 9.12. The van der Waals surface area contributed by atoms with Gasteiger partial charge in [-0.3, -0.25) is 9.48 Å². The van der Waals surface area contributed by atoms with Gasteiger partial charge in [-0.05, 0) is 25.0 Å². The van der Waals surface area contributed by atoms with Crippen molar-refractivity contribution in [3.8, 4) is 11.6 Å². The number of nitrogens with zero attached hydrogens (tertiary/aromatic N) is 5. The van der Waals surface area contributed by atoms with Crippen molar-refractivity contribution in [1.82, 2.24) is 19.7 Å². The van der Waals surface area contributed by atoms with Crippen LogP contribution in [0.1, 0.15) is 47.5 Å². The lowest BCUT2D eigenvalue weighted by molar-refractivity contribution is -0.134. The molecule has 1 fully saturated rings. The number of rotatable bonds is 8. The fourth-order valence-corrected chi connectivity index (χ4v) is 6.19. The molecule has 2 aromatic heterocycles. The van der Waals surface area contributed by atoms with Crippen LogP contribution in [0, 0.1) is 0 Å². The van der Waals surface area contributed by atoms with E-state index >= 15 is 0 Å². The molecule has 4 heterocycles. The second kappa shape index (κ2) is 10.9. The van der Waals surface area contributed by atoms with Crippen molar-refractivity contribution in [2.75, 3.05) is 26.0 Å². The van der Waals surface area contributed by atoms with Gasteiger partial charge in [0.25, 0.3) is 5.91 Å². The number of hydrogen-bond acceptors (Lipinski definition) is 10. The van der Waals surface area contributed by atoms with E-state index in [4.69, 9.17) is 30.3 Å². The van der Waals surface area contributed by atoms with Crippen molar-refractivity contribution in [3.05, 3.63) is 57.1 Å². The quantitative estimate of drug-likeness (QED) is 0.371. The summed E-state index contributed by atoms with van der Waals surface area (Å²) in [4.78, 5) is 24.8. The van der Waals surface area contributed by atoms with Crippen LogP contribution in [0.2, 0.25) is 5.02 Å². The summed E-state index contributed by atoms with van der Waals surface area (Å²) in [6.07, 6.45) is 4.12. The van der Waals surface area contributed by atoms with Crippen LogP contribution in [0.15, 0.2) is 41.0 Å². The predicted molar refractivity (Wildman–Crippen MR) is 141 cm³/mol. The van der Waals surface area contributed by atoms with Crippen LogP contribution in [-0.4, -0.2) is 65.7 Å². The number of aromatic nitrogens is 3. The minimum absolute atomic E-state index is 0.0353. The number of hydrogen-bond donors (Lipinski definition) is 0. The number of carbonyl (C=O) groups excluding carboxylic acids is 1. The van der Waals surface area contributed by atoms with Gasteiger partial charge in [0, 0.05) is 50.1 Å². The van der Waals surface area contributed by atoms with Gasteiger partial charge in [-0.25, -0.2) is 4.98 Å². The molecule has 5 rings (SSSR count). The Labute approximate surface area is 229 Å². The molecule has 202 valence electrons. The number of thiazole rings is 1. The number of benzene rings is 1. The van der Waals surface area contributed by atoms with Gasteiger partial charge in [0.1, 0.15) is 5.71 Å². The summed E-state index contributed by atoms with van der Waals surface area (Å²) in [6, 6.07) is 6.52. The number of oxime groups is 1. The van der Waals surface area contributed by atoms with Crippen LogP contribution in [0.5, 0.6) is 11.6 Å². The molecule has 0 radical (unpaired) electrons. The molecular weight excluding hydrogens is 554 g/mol. The van der Waals surface area contributed by atoms with Crippen LogP contribution >= 0.6 is 22.9 Å². The molecule has 3 aromatic rings. The minimum Gasteiger partial charge on any atom is -0.467 e. The van der Waals surface area contributed by atoms with E-state index in [1.807, 2.05) is 10.3 Å². The number of likely N-dealkylation sites (tertiary alicyclic amines) is 1.